The van der Waals surface area contributed by atoms with E-state index < -0.39 is 10.0 Å². The summed E-state index contributed by atoms with van der Waals surface area (Å²) in [6.07, 6.45) is 3.19. The van der Waals surface area contributed by atoms with E-state index in [0.29, 0.717) is 4.90 Å². The van der Waals surface area contributed by atoms with Crippen LogP contribution in [0.3, 0.4) is 0 Å². The van der Waals surface area contributed by atoms with Gasteiger partial charge in [0, 0.05) is 11.4 Å². The third-order valence-corrected chi connectivity index (χ3v) is 6.40. The van der Waals surface area contributed by atoms with Crippen molar-refractivity contribution in [1.82, 2.24) is 4.72 Å². The van der Waals surface area contributed by atoms with E-state index in [2.05, 4.69) is 20.7 Å². The standard InChI is InChI=1S/C14H20BrNO2S/c1-10(9-15)11(2)16-19(17,18)14-7-6-12-4-3-5-13(12)8-14/h6-8,10-11,16H,3-5,9H2,1-2H3. The number of fused-ring (bicyclic) bond motifs is 1. The van der Waals surface area contributed by atoms with E-state index in [0.717, 1.165) is 24.6 Å². The van der Waals surface area contributed by atoms with Gasteiger partial charge >= 0.3 is 0 Å². The molecule has 19 heavy (non-hydrogen) atoms. The van der Waals surface area contributed by atoms with E-state index in [1.165, 1.54) is 11.1 Å². The molecule has 1 aromatic rings. The van der Waals surface area contributed by atoms with Gasteiger partial charge in [-0.3, -0.25) is 0 Å². The van der Waals surface area contributed by atoms with Gasteiger partial charge in [-0.1, -0.05) is 28.9 Å². The number of rotatable bonds is 5. The summed E-state index contributed by atoms with van der Waals surface area (Å²) in [6.45, 7) is 3.92. The Bertz CT molecular complexity index is 557. The van der Waals surface area contributed by atoms with Gasteiger partial charge in [0.2, 0.25) is 10.0 Å². The van der Waals surface area contributed by atoms with Crippen LogP contribution in [-0.4, -0.2) is 19.8 Å². The average molecular weight is 346 g/mol. The number of benzene rings is 1. The van der Waals surface area contributed by atoms with Crippen molar-refractivity contribution in [2.45, 2.75) is 44.0 Å². The molecule has 0 amide bonds. The highest BCUT2D eigenvalue weighted by Gasteiger charge is 2.22. The van der Waals surface area contributed by atoms with Crippen molar-refractivity contribution < 1.29 is 8.42 Å². The number of nitrogens with one attached hydrogen (secondary N) is 1. The molecule has 0 bridgehead atoms. The van der Waals surface area contributed by atoms with Gasteiger partial charge in [0.1, 0.15) is 0 Å². The second-order valence-electron chi connectivity index (χ2n) is 5.33. The Morgan fingerprint density at radius 1 is 1.26 bits per heavy atom. The number of alkyl halides is 1. The Labute approximate surface area is 124 Å². The minimum Gasteiger partial charge on any atom is -0.208 e. The molecule has 2 rings (SSSR count). The van der Waals surface area contributed by atoms with Crippen LogP contribution < -0.4 is 4.72 Å². The molecule has 0 radical (unpaired) electrons. The van der Waals surface area contributed by atoms with E-state index in [1.54, 1.807) is 6.07 Å². The summed E-state index contributed by atoms with van der Waals surface area (Å²) in [4.78, 5) is 0.391. The summed E-state index contributed by atoms with van der Waals surface area (Å²) in [7, 11) is -3.41. The molecule has 0 spiro atoms. The first-order valence-corrected chi connectivity index (χ1v) is 9.24. The third-order valence-electron chi connectivity index (χ3n) is 3.82. The summed E-state index contributed by atoms with van der Waals surface area (Å²) >= 11 is 3.38. The highest BCUT2D eigenvalue weighted by Crippen LogP contribution is 2.25. The second kappa shape index (κ2) is 5.94. The Hall–Kier alpha value is -0.390. The summed E-state index contributed by atoms with van der Waals surface area (Å²) in [5.41, 5.74) is 2.48. The number of aryl methyl sites for hydroxylation is 2. The average Bonchev–Trinajstić information content (AvgIpc) is 2.84. The number of sulfonamides is 1. The predicted octanol–water partition coefficient (Wildman–Crippen LogP) is 2.87. The Morgan fingerprint density at radius 2 is 1.95 bits per heavy atom. The summed E-state index contributed by atoms with van der Waals surface area (Å²) in [5, 5.41) is 0.779. The molecule has 2 atom stereocenters. The van der Waals surface area contributed by atoms with Crippen LogP contribution >= 0.6 is 15.9 Å². The molecule has 1 aromatic carbocycles. The molecule has 1 N–H and O–H groups in total. The monoisotopic (exact) mass is 345 g/mol. The van der Waals surface area contributed by atoms with Gasteiger partial charge in [-0.2, -0.15) is 0 Å². The van der Waals surface area contributed by atoms with E-state index in [9.17, 15) is 8.42 Å². The van der Waals surface area contributed by atoms with Crippen molar-refractivity contribution in [3.63, 3.8) is 0 Å². The van der Waals surface area contributed by atoms with Gasteiger partial charge in [0.15, 0.2) is 0 Å². The summed E-state index contributed by atoms with van der Waals surface area (Å²) in [5.74, 6) is 0.254. The lowest BCUT2D eigenvalue weighted by molar-refractivity contribution is 0.484. The molecule has 0 aromatic heterocycles. The van der Waals surface area contributed by atoms with E-state index in [1.807, 2.05) is 26.0 Å². The Kier molecular flexibility index (Phi) is 4.69. The van der Waals surface area contributed by atoms with Crippen molar-refractivity contribution in [3.05, 3.63) is 29.3 Å². The molecule has 0 saturated carbocycles. The van der Waals surface area contributed by atoms with Gasteiger partial charge < -0.3 is 0 Å². The molecule has 1 aliphatic carbocycles. The molecule has 0 aliphatic heterocycles. The van der Waals surface area contributed by atoms with Crippen molar-refractivity contribution in [2.24, 2.45) is 5.92 Å². The first kappa shape index (κ1) is 15.0. The van der Waals surface area contributed by atoms with E-state index >= 15 is 0 Å². The largest absolute Gasteiger partial charge is 0.240 e. The lowest BCUT2D eigenvalue weighted by Gasteiger charge is -2.19. The first-order chi connectivity index (χ1) is 8.94. The van der Waals surface area contributed by atoms with Crippen molar-refractivity contribution in [3.8, 4) is 0 Å². The molecule has 5 heteroatoms. The normalized spacial score (nSPS) is 18.1. The van der Waals surface area contributed by atoms with Crippen LogP contribution in [0.1, 0.15) is 31.4 Å². The fourth-order valence-electron chi connectivity index (χ4n) is 2.28. The third kappa shape index (κ3) is 3.38. The maximum absolute atomic E-state index is 12.3. The highest BCUT2D eigenvalue weighted by molar-refractivity contribution is 9.09. The van der Waals surface area contributed by atoms with Gasteiger partial charge in [0.25, 0.3) is 0 Å². The number of hydrogen-bond acceptors (Lipinski definition) is 2. The molecule has 0 fully saturated rings. The zero-order valence-electron chi connectivity index (χ0n) is 11.3. The molecular weight excluding hydrogens is 326 g/mol. The topological polar surface area (TPSA) is 46.2 Å². The lowest BCUT2D eigenvalue weighted by atomic mass is 10.1. The Morgan fingerprint density at radius 3 is 2.63 bits per heavy atom. The predicted molar refractivity (Wildman–Crippen MR) is 81.2 cm³/mol. The van der Waals surface area contributed by atoms with Crippen LogP contribution in [-0.2, 0) is 22.9 Å². The molecule has 0 saturated heterocycles. The maximum Gasteiger partial charge on any atom is 0.240 e. The summed E-state index contributed by atoms with van der Waals surface area (Å²) < 4.78 is 27.4. The van der Waals surface area contributed by atoms with E-state index in [-0.39, 0.29) is 12.0 Å². The first-order valence-electron chi connectivity index (χ1n) is 6.64. The van der Waals surface area contributed by atoms with Crippen molar-refractivity contribution in [2.75, 3.05) is 5.33 Å². The smallest absolute Gasteiger partial charge is 0.208 e. The number of halogens is 1. The molecule has 2 unspecified atom stereocenters. The quantitative estimate of drug-likeness (QED) is 0.834. The van der Waals surface area contributed by atoms with Gasteiger partial charge in [-0.05, 0) is 55.4 Å². The molecule has 3 nitrogen and oxygen atoms in total. The molecule has 106 valence electrons. The van der Waals surface area contributed by atoms with Gasteiger partial charge in [0.05, 0.1) is 4.90 Å². The van der Waals surface area contributed by atoms with Crippen molar-refractivity contribution in [1.29, 1.82) is 0 Å². The maximum atomic E-state index is 12.3. The van der Waals surface area contributed by atoms with Gasteiger partial charge in [-0.15, -0.1) is 0 Å². The zero-order valence-corrected chi connectivity index (χ0v) is 13.7. The van der Waals surface area contributed by atoms with Crippen LogP contribution in [0, 0.1) is 5.92 Å². The van der Waals surface area contributed by atoms with Crippen LogP contribution in [0.2, 0.25) is 0 Å². The molecule has 0 heterocycles. The molecular formula is C14H20BrNO2S. The van der Waals surface area contributed by atoms with Crippen LogP contribution in [0.4, 0.5) is 0 Å². The number of hydrogen-bond donors (Lipinski definition) is 1. The van der Waals surface area contributed by atoms with Gasteiger partial charge in [-0.25, -0.2) is 13.1 Å². The fraction of sp³-hybridized carbons (Fsp3) is 0.571. The molecule has 1 aliphatic rings. The minimum absolute atomic E-state index is 0.0855. The van der Waals surface area contributed by atoms with Crippen LogP contribution in [0.5, 0.6) is 0 Å². The Balaban J connectivity index is 2.20. The zero-order chi connectivity index (χ0) is 14.0. The lowest BCUT2D eigenvalue weighted by Crippen LogP contribution is -2.37. The van der Waals surface area contributed by atoms with Crippen LogP contribution in [0.25, 0.3) is 0 Å². The summed E-state index contributed by atoms with van der Waals surface area (Å²) in [6, 6.07) is 5.42. The van der Waals surface area contributed by atoms with Crippen molar-refractivity contribution >= 4 is 26.0 Å². The highest BCUT2D eigenvalue weighted by atomic mass is 79.9. The second-order valence-corrected chi connectivity index (χ2v) is 7.69. The SMILES string of the molecule is CC(CBr)C(C)NS(=O)(=O)c1ccc2c(c1)CCC2. The fourth-order valence-corrected chi connectivity index (χ4v) is 4.24. The van der Waals surface area contributed by atoms with Crippen LogP contribution in [0.15, 0.2) is 23.1 Å². The minimum atomic E-state index is -3.41. The van der Waals surface area contributed by atoms with E-state index in [4.69, 9.17) is 0 Å².